The van der Waals surface area contributed by atoms with Crippen molar-refractivity contribution in [1.29, 1.82) is 0 Å². The molecular formula is C15H19N3O3. The van der Waals surface area contributed by atoms with Crippen LogP contribution in [-0.2, 0) is 6.42 Å². The van der Waals surface area contributed by atoms with Crippen molar-refractivity contribution in [3.05, 3.63) is 30.1 Å². The number of aryl methyl sites for hydroxylation is 1. The van der Waals surface area contributed by atoms with E-state index >= 15 is 0 Å². The highest BCUT2D eigenvalue weighted by Crippen LogP contribution is 2.37. The summed E-state index contributed by atoms with van der Waals surface area (Å²) in [6.45, 7) is 2.09. The van der Waals surface area contributed by atoms with Gasteiger partial charge in [0.1, 0.15) is 6.33 Å². The van der Waals surface area contributed by atoms with E-state index in [9.17, 15) is 0 Å². The minimum atomic E-state index is 0.333. The number of rotatable bonds is 6. The van der Waals surface area contributed by atoms with E-state index in [2.05, 4.69) is 22.2 Å². The topological polar surface area (TPSA) is 65.5 Å². The maximum absolute atomic E-state index is 5.82. The van der Waals surface area contributed by atoms with Crippen LogP contribution in [0.15, 0.2) is 24.5 Å². The van der Waals surface area contributed by atoms with Crippen LogP contribution in [0.2, 0.25) is 0 Å². The number of hydrogen-bond acceptors (Lipinski definition) is 6. The fourth-order valence-corrected chi connectivity index (χ4v) is 1.91. The third kappa shape index (κ3) is 3.16. The van der Waals surface area contributed by atoms with E-state index in [4.69, 9.17) is 14.2 Å². The minimum Gasteiger partial charge on any atom is -0.493 e. The number of hydrogen-bond donors (Lipinski definition) is 1. The van der Waals surface area contributed by atoms with Crippen LogP contribution in [0.1, 0.15) is 12.5 Å². The summed E-state index contributed by atoms with van der Waals surface area (Å²) < 4.78 is 16.5. The van der Waals surface area contributed by atoms with Crippen molar-refractivity contribution in [3.63, 3.8) is 0 Å². The molecule has 0 aliphatic carbocycles. The van der Waals surface area contributed by atoms with Crippen LogP contribution in [0.3, 0.4) is 0 Å². The van der Waals surface area contributed by atoms with Gasteiger partial charge in [-0.25, -0.2) is 4.98 Å². The van der Waals surface area contributed by atoms with Gasteiger partial charge in [-0.15, -0.1) is 0 Å². The van der Waals surface area contributed by atoms with Gasteiger partial charge in [0, 0.05) is 7.05 Å². The number of nitrogens with one attached hydrogen (secondary N) is 1. The van der Waals surface area contributed by atoms with Crippen LogP contribution in [0.25, 0.3) is 0 Å². The zero-order chi connectivity index (χ0) is 15.2. The van der Waals surface area contributed by atoms with E-state index in [-0.39, 0.29) is 0 Å². The van der Waals surface area contributed by atoms with E-state index in [0.29, 0.717) is 28.9 Å². The van der Waals surface area contributed by atoms with Crippen molar-refractivity contribution in [2.75, 3.05) is 26.6 Å². The highest BCUT2D eigenvalue weighted by molar-refractivity contribution is 5.56. The molecule has 2 rings (SSSR count). The lowest BCUT2D eigenvalue weighted by atomic mass is 10.1. The molecule has 6 heteroatoms. The second kappa shape index (κ2) is 6.78. The number of aromatic nitrogens is 2. The molecular weight excluding hydrogens is 270 g/mol. The summed E-state index contributed by atoms with van der Waals surface area (Å²) in [6, 6.07) is 5.80. The van der Waals surface area contributed by atoms with E-state index in [1.807, 2.05) is 18.2 Å². The third-order valence-electron chi connectivity index (χ3n) is 3.05. The van der Waals surface area contributed by atoms with Crippen LogP contribution in [0, 0.1) is 0 Å². The van der Waals surface area contributed by atoms with E-state index in [0.717, 1.165) is 6.42 Å². The van der Waals surface area contributed by atoms with Gasteiger partial charge in [0.2, 0.25) is 5.75 Å². The Kier molecular flexibility index (Phi) is 4.81. The fraction of sp³-hybridized carbons (Fsp3) is 0.333. The van der Waals surface area contributed by atoms with Gasteiger partial charge in [0.05, 0.1) is 14.2 Å². The molecule has 0 aliphatic rings. The Labute approximate surface area is 124 Å². The second-order valence-corrected chi connectivity index (χ2v) is 4.25. The number of nitrogens with zero attached hydrogens (tertiary/aromatic N) is 2. The third-order valence-corrected chi connectivity index (χ3v) is 3.05. The Morgan fingerprint density at radius 2 is 1.90 bits per heavy atom. The molecule has 1 aromatic carbocycles. The Balaban J connectivity index is 2.38. The molecule has 1 N–H and O–H groups in total. The van der Waals surface area contributed by atoms with Crippen LogP contribution in [-0.4, -0.2) is 31.2 Å². The number of ether oxygens (including phenoxy) is 3. The van der Waals surface area contributed by atoms with Crippen molar-refractivity contribution in [1.82, 2.24) is 9.97 Å². The Hall–Kier alpha value is -2.50. The quantitative estimate of drug-likeness (QED) is 0.882. The van der Waals surface area contributed by atoms with Crippen LogP contribution in [0.5, 0.6) is 23.1 Å². The summed E-state index contributed by atoms with van der Waals surface area (Å²) in [7, 11) is 4.91. The molecule has 1 heterocycles. The molecule has 2 aromatic rings. The van der Waals surface area contributed by atoms with Gasteiger partial charge in [-0.05, 0) is 24.1 Å². The summed E-state index contributed by atoms with van der Waals surface area (Å²) in [4.78, 5) is 8.20. The maximum atomic E-state index is 5.82. The summed E-state index contributed by atoms with van der Waals surface area (Å²) in [5, 5.41) is 2.93. The van der Waals surface area contributed by atoms with Crippen molar-refractivity contribution in [2.24, 2.45) is 0 Å². The van der Waals surface area contributed by atoms with E-state index in [1.165, 1.54) is 11.9 Å². The van der Waals surface area contributed by atoms with E-state index in [1.54, 1.807) is 21.3 Å². The molecule has 6 nitrogen and oxygen atoms in total. The summed E-state index contributed by atoms with van der Waals surface area (Å²) in [6.07, 6.45) is 2.34. The van der Waals surface area contributed by atoms with Gasteiger partial charge < -0.3 is 19.5 Å². The molecule has 0 saturated heterocycles. The lowest BCUT2D eigenvalue weighted by Gasteiger charge is -2.14. The van der Waals surface area contributed by atoms with Gasteiger partial charge >= 0.3 is 0 Å². The van der Waals surface area contributed by atoms with Crippen LogP contribution in [0.4, 0.5) is 5.82 Å². The van der Waals surface area contributed by atoms with Crippen molar-refractivity contribution in [2.45, 2.75) is 13.3 Å². The molecule has 0 unspecified atom stereocenters. The largest absolute Gasteiger partial charge is 0.493 e. The SMILES string of the molecule is CCc1ccc(Oc2ncnc(NC)c2OC)c(OC)c1. The highest BCUT2D eigenvalue weighted by Gasteiger charge is 2.15. The predicted octanol–water partition coefficient (Wildman–Crippen LogP) is 2.89. The predicted molar refractivity (Wildman–Crippen MR) is 80.6 cm³/mol. The van der Waals surface area contributed by atoms with Crippen LogP contribution >= 0.6 is 0 Å². The normalized spacial score (nSPS) is 10.1. The summed E-state index contributed by atoms with van der Waals surface area (Å²) in [5.41, 5.74) is 1.17. The highest BCUT2D eigenvalue weighted by atomic mass is 16.5. The van der Waals surface area contributed by atoms with E-state index < -0.39 is 0 Å². The molecule has 1 aromatic heterocycles. The van der Waals surface area contributed by atoms with Crippen molar-refractivity contribution in [3.8, 4) is 23.1 Å². The number of benzene rings is 1. The standard InChI is InChI=1S/C15H19N3O3/c1-5-10-6-7-11(12(8-10)19-3)21-15-13(20-4)14(16-2)17-9-18-15/h6-9H,5H2,1-4H3,(H,16,17,18). The first kappa shape index (κ1) is 14.9. The Morgan fingerprint density at radius 1 is 1.10 bits per heavy atom. The molecule has 0 amide bonds. The fourth-order valence-electron chi connectivity index (χ4n) is 1.91. The molecule has 0 bridgehead atoms. The van der Waals surface area contributed by atoms with Crippen molar-refractivity contribution < 1.29 is 14.2 Å². The zero-order valence-electron chi connectivity index (χ0n) is 12.6. The molecule has 0 saturated carbocycles. The number of methoxy groups -OCH3 is 2. The lowest BCUT2D eigenvalue weighted by Crippen LogP contribution is -2.01. The first-order valence-electron chi connectivity index (χ1n) is 6.65. The van der Waals surface area contributed by atoms with Crippen molar-refractivity contribution >= 4 is 5.82 Å². The van der Waals surface area contributed by atoms with Gasteiger partial charge in [-0.3, -0.25) is 0 Å². The molecule has 0 spiro atoms. The first-order valence-corrected chi connectivity index (χ1v) is 6.65. The minimum absolute atomic E-state index is 0.333. The van der Waals surface area contributed by atoms with Gasteiger partial charge in [-0.2, -0.15) is 4.98 Å². The Bertz CT molecular complexity index is 617. The molecule has 21 heavy (non-hydrogen) atoms. The van der Waals surface area contributed by atoms with Crippen LogP contribution < -0.4 is 19.5 Å². The molecule has 0 fully saturated rings. The smallest absolute Gasteiger partial charge is 0.268 e. The lowest BCUT2D eigenvalue weighted by molar-refractivity contribution is 0.348. The molecule has 0 atom stereocenters. The molecule has 0 radical (unpaired) electrons. The summed E-state index contributed by atoms with van der Waals surface area (Å²) >= 11 is 0. The first-order chi connectivity index (χ1) is 10.2. The Morgan fingerprint density at radius 3 is 2.52 bits per heavy atom. The van der Waals surface area contributed by atoms with Gasteiger partial charge in [0.15, 0.2) is 17.3 Å². The maximum Gasteiger partial charge on any atom is 0.268 e. The number of anilines is 1. The second-order valence-electron chi connectivity index (χ2n) is 4.25. The average Bonchev–Trinajstić information content (AvgIpc) is 2.54. The molecule has 112 valence electrons. The summed E-state index contributed by atoms with van der Waals surface area (Å²) in [5.74, 6) is 2.57. The average molecular weight is 289 g/mol. The molecule has 0 aliphatic heterocycles. The monoisotopic (exact) mass is 289 g/mol. The van der Waals surface area contributed by atoms with Gasteiger partial charge in [-0.1, -0.05) is 13.0 Å². The zero-order valence-corrected chi connectivity index (χ0v) is 12.6. The van der Waals surface area contributed by atoms with Gasteiger partial charge in [0.25, 0.3) is 5.88 Å².